The van der Waals surface area contributed by atoms with Crippen molar-refractivity contribution in [1.82, 2.24) is 10.2 Å². The number of anilines is 2. The molecule has 0 unspecified atom stereocenters. The van der Waals surface area contributed by atoms with Gasteiger partial charge in [0.15, 0.2) is 0 Å². The van der Waals surface area contributed by atoms with Gasteiger partial charge >= 0.3 is 0 Å². The van der Waals surface area contributed by atoms with E-state index in [2.05, 4.69) is 77.2 Å². The predicted molar refractivity (Wildman–Crippen MR) is 145 cm³/mol. The molecule has 1 aromatic heterocycles. The van der Waals surface area contributed by atoms with Gasteiger partial charge in [-0.2, -0.15) is 10.2 Å². The summed E-state index contributed by atoms with van der Waals surface area (Å²) in [5.41, 5.74) is 7.42. The largest absolute Gasteiger partial charge is 0.379 e. The number of nitrogens with zero attached hydrogens (tertiary/aromatic N) is 4. The van der Waals surface area contributed by atoms with E-state index in [-0.39, 0.29) is 0 Å². The molecule has 0 bridgehead atoms. The zero-order chi connectivity index (χ0) is 24.5. The molecule has 35 heavy (non-hydrogen) atoms. The Morgan fingerprint density at radius 1 is 0.857 bits per heavy atom. The lowest BCUT2D eigenvalue weighted by atomic mass is 10.0. The molecule has 0 atom stereocenters. The predicted octanol–water partition coefficient (Wildman–Crippen LogP) is 5.34. The number of unbranched alkanes of at least 4 members (excludes halogenated alkanes) is 1. The molecule has 1 aliphatic heterocycles. The van der Waals surface area contributed by atoms with Crippen LogP contribution in [0.25, 0.3) is 10.9 Å². The molecule has 0 radical (unpaired) electrons. The first kappa shape index (κ1) is 25.4. The monoisotopic (exact) mass is 476 g/mol. The van der Waals surface area contributed by atoms with Crippen LogP contribution in [0.1, 0.15) is 42.9 Å². The van der Waals surface area contributed by atoms with Crippen molar-refractivity contribution in [3.8, 4) is 0 Å². The number of aromatic nitrogens is 2. The van der Waals surface area contributed by atoms with Gasteiger partial charge in [0.25, 0.3) is 0 Å². The minimum absolute atomic E-state index is 0.689. The van der Waals surface area contributed by atoms with Gasteiger partial charge in [0.2, 0.25) is 0 Å². The number of benzene rings is 2. The van der Waals surface area contributed by atoms with Crippen molar-refractivity contribution in [2.45, 2.75) is 46.5 Å². The lowest BCUT2D eigenvalue weighted by Crippen LogP contribution is -2.46. The van der Waals surface area contributed by atoms with E-state index >= 15 is 0 Å². The van der Waals surface area contributed by atoms with E-state index in [1.165, 1.54) is 39.9 Å². The summed E-state index contributed by atoms with van der Waals surface area (Å²) < 4.78 is 11.3. The number of fused-ring (bicyclic) bond motifs is 1. The van der Waals surface area contributed by atoms with Crippen LogP contribution in [0.2, 0.25) is 0 Å². The minimum Gasteiger partial charge on any atom is -0.379 e. The second kappa shape index (κ2) is 12.8. The number of ether oxygens (including phenoxy) is 2. The van der Waals surface area contributed by atoms with Crippen LogP contribution >= 0.6 is 0 Å². The highest BCUT2D eigenvalue weighted by atomic mass is 16.5. The Morgan fingerprint density at radius 2 is 1.60 bits per heavy atom. The van der Waals surface area contributed by atoms with E-state index in [0.717, 1.165) is 64.2 Å². The van der Waals surface area contributed by atoms with E-state index in [1.807, 2.05) is 6.20 Å². The molecule has 0 saturated carbocycles. The SMILES string of the molecule is CCCCOCCOCCCc1cc(C)cc(N2CCN(c3cnnc4c(C)cccc34)CC2)c1. The number of piperazine rings is 1. The molecule has 188 valence electrons. The number of rotatable bonds is 12. The smallest absolute Gasteiger partial charge is 0.0979 e. The summed E-state index contributed by atoms with van der Waals surface area (Å²) in [5.74, 6) is 0. The Morgan fingerprint density at radius 3 is 2.37 bits per heavy atom. The molecule has 0 spiro atoms. The van der Waals surface area contributed by atoms with Crippen LogP contribution in [-0.2, 0) is 15.9 Å². The first-order chi connectivity index (χ1) is 17.2. The fourth-order valence-electron chi connectivity index (χ4n) is 4.78. The first-order valence-electron chi connectivity index (χ1n) is 13.1. The van der Waals surface area contributed by atoms with E-state index in [4.69, 9.17) is 9.47 Å². The van der Waals surface area contributed by atoms with Crippen molar-refractivity contribution < 1.29 is 9.47 Å². The topological polar surface area (TPSA) is 50.7 Å². The molecular formula is C29H40N4O2. The first-order valence-corrected chi connectivity index (χ1v) is 13.1. The normalized spacial score (nSPS) is 14.1. The lowest BCUT2D eigenvalue weighted by Gasteiger charge is -2.38. The highest BCUT2D eigenvalue weighted by molar-refractivity contribution is 5.92. The number of hydrogen-bond acceptors (Lipinski definition) is 6. The van der Waals surface area contributed by atoms with Gasteiger partial charge in [0.1, 0.15) is 0 Å². The second-order valence-corrected chi connectivity index (χ2v) is 9.53. The average molecular weight is 477 g/mol. The van der Waals surface area contributed by atoms with E-state index in [9.17, 15) is 0 Å². The van der Waals surface area contributed by atoms with Gasteiger partial charge < -0.3 is 19.3 Å². The molecular weight excluding hydrogens is 436 g/mol. The maximum atomic E-state index is 5.75. The Labute approximate surface area is 210 Å². The summed E-state index contributed by atoms with van der Waals surface area (Å²) in [4.78, 5) is 4.96. The Hall–Kier alpha value is -2.70. The van der Waals surface area contributed by atoms with Crippen molar-refractivity contribution in [3.05, 3.63) is 59.3 Å². The van der Waals surface area contributed by atoms with Crippen LogP contribution < -0.4 is 9.80 Å². The Kier molecular flexibility index (Phi) is 9.32. The molecule has 1 aliphatic rings. The third-order valence-electron chi connectivity index (χ3n) is 6.73. The molecule has 0 amide bonds. The van der Waals surface area contributed by atoms with Crippen molar-refractivity contribution in [2.24, 2.45) is 0 Å². The molecule has 0 N–H and O–H groups in total. The van der Waals surface area contributed by atoms with Gasteiger partial charge in [0, 0.05) is 50.5 Å². The minimum atomic E-state index is 0.689. The molecule has 2 heterocycles. The molecule has 1 saturated heterocycles. The van der Waals surface area contributed by atoms with Crippen LogP contribution in [0.4, 0.5) is 11.4 Å². The fourth-order valence-corrected chi connectivity index (χ4v) is 4.78. The zero-order valence-electron chi connectivity index (χ0n) is 21.6. The molecule has 6 nitrogen and oxygen atoms in total. The molecule has 1 fully saturated rings. The summed E-state index contributed by atoms with van der Waals surface area (Å²) >= 11 is 0. The van der Waals surface area contributed by atoms with E-state index in [0.29, 0.717) is 13.2 Å². The van der Waals surface area contributed by atoms with Crippen LogP contribution in [0.5, 0.6) is 0 Å². The second-order valence-electron chi connectivity index (χ2n) is 9.53. The zero-order valence-corrected chi connectivity index (χ0v) is 21.6. The van der Waals surface area contributed by atoms with Gasteiger partial charge in [-0.1, -0.05) is 37.6 Å². The van der Waals surface area contributed by atoms with Crippen molar-refractivity contribution in [1.29, 1.82) is 0 Å². The molecule has 3 aromatic rings. The van der Waals surface area contributed by atoms with Crippen LogP contribution in [0, 0.1) is 13.8 Å². The van der Waals surface area contributed by atoms with Gasteiger partial charge in [-0.3, -0.25) is 0 Å². The van der Waals surface area contributed by atoms with Crippen molar-refractivity contribution >= 4 is 22.3 Å². The molecule has 6 heteroatoms. The summed E-state index contributed by atoms with van der Waals surface area (Å²) in [6, 6.07) is 13.4. The van der Waals surface area contributed by atoms with Crippen molar-refractivity contribution in [3.63, 3.8) is 0 Å². The third kappa shape index (κ3) is 6.92. The third-order valence-corrected chi connectivity index (χ3v) is 6.73. The Balaban J connectivity index is 1.28. The summed E-state index contributed by atoms with van der Waals surface area (Å²) in [5, 5.41) is 9.86. The molecule has 4 rings (SSSR count). The molecule has 2 aromatic carbocycles. The molecule has 0 aliphatic carbocycles. The summed E-state index contributed by atoms with van der Waals surface area (Å²) in [6.07, 6.45) is 6.30. The van der Waals surface area contributed by atoms with E-state index < -0.39 is 0 Å². The van der Waals surface area contributed by atoms with Gasteiger partial charge in [-0.15, -0.1) is 0 Å². The van der Waals surface area contributed by atoms with Crippen LogP contribution in [0.3, 0.4) is 0 Å². The Bertz CT molecular complexity index is 1080. The fraction of sp³-hybridized carbons (Fsp3) is 0.517. The highest BCUT2D eigenvalue weighted by Gasteiger charge is 2.20. The average Bonchev–Trinajstić information content (AvgIpc) is 2.87. The maximum Gasteiger partial charge on any atom is 0.0979 e. The lowest BCUT2D eigenvalue weighted by molar-refractivity contribution is 0.0459. The maximum absolute atomic E-state index is 5.75. The van der Waals surface area contributed by atoms with Crippen molar-refractivity contribution in [2.75, 3.05) is 62.4 Å². The standard InChI is InChI=1S/C29H40N4O2/c1-4-5-15-34-17-18-35-16-7-9-25-19-23(2)20-26(21-25)32-11-13-33(14-12-32)28-22-30-31-29-24(3)8-6-10-27(28)29/h6,8,10,19-22H,4-5,7,9,11-18H2,1-3H3. The summed E-state index contributed by atoms with van der Waals surface area (Å²) in [7, 11) is 0. The summed E-state index contributed by atoms with van der Waals surface area (Å²) in [6.45, 7) is 13.5. The highest BCUT2D eigenvalue weighted by Crippen LogP contribution is 2.28. The van der Waals surface area contributed by atoms with Gasteiger partial charge in [0.05, 0.1) is 30.6 Å². The number of hydrogen-bond donors (Lipinski definition) is 0. The van der Waals surface area contributed by atoms with Gasteiger partial charge in [-0.05, 0) is 61.9 Å². The number of aryl methyl sites for hydroxylation is 3. The van der Waals surface area contributed by atoms with Crippen LogP contribution in [0.15, 0.2) is 42.6 Å². The quantitative estimate of drug-likeness (QED) is 0.329. The van der Waals surface area contributed by atoms with Crippen LogP contribution in [-0.4, -0.2) is 62.8 Å². The van der Waals surface area contributed by atoms with Gasteiger partial charge in [-0.25, -0.2) is 0 Å². The van der Waals surface area contributed by atoms with E-state index in [1.54, 1.807) is 0 Å².